The van der Waals surface area contributed by atoms with Crippen LogP contribution in [0.4, 0.5) is 24.7 Å². The van der Waals surface area contributed by atoms with Crippen LogP contribution >= 0.6 is 0 Å². The molecule has 2 aromatic heterocycles. The molecule has 26 heavy (non-hydrogen) atoms. The molecular formula is C17H19F3N4OS. The summed E-state index contributed by atoms with van der Waals surface area (Å²) < 4.78 is 51.9. The molecule has 2 unspecified atom stereocenters. The zero-order valence-electron chi connectivity index (χ0n) is 14.6. The molecule has 5 nitrogen and oxygen atoms in total. The molecule has 9 heteroatoms. The summed E-state index contributed by atoms with van der Waals surface area (Å²) >= 11 is 0. The Hall–Kier alpha value is -2.29. The minimum atomic E-state index is -4.48. The van der Waals surface area contributed by atoms with E-state index in [1.807, 2.05) is 0 Å². The second-order valence-corrected chi connectivity index (χ2v) is 8.96. The van der Waals surface area contributed by atoms with E-state index in [9.17, 15) is 17.4 Å². The molecule has 1 aliphatic rings. The van der Waals surface area contributed by atoms with E-state index in [2.05, 4.69) is 21.2 Å². The molecule has 0 radical (unpaired) electrons. The van der Waals surface area contributed by atoms with Crippen LogP contribution in [-0.4, -0.2) is 32.8 Å². The summed E-state index contributed by atoms with van der Waals surface area (Å²) in [5.41, 5.74) is -0.859. The average Bonchev–Trinajstić information content (AvgIpc) is 2.85. The molecule has 2 atom stereocenters. The van der Waals surface area contributed by atoms with Gasteiger partial charge in [0.25, 0.3) is 0 Å². The van der Waals surface area contributed by atoms with Crippen molar-refractivity contribution in [2.24, 2.45) is 0 Å². The number of anilines is 2. The van der Waals surface area contributed by atoms with Crippen molar-refractivity contribution in [3.05, 3.63) is 41.9 Å². The largest absolute Gasteiger partial charge is 0.417 e. The van der Waals surface area contributed by atoms with Gasteiger partial charge in [-0.1, -0.05) is 6.92 Å². The SMILES string of the molecule is C=S(=O)(CC)c1cnccc1C1(C)Nc2cc(C(F)(F)F)cnc2N1C. The number of hydrogen-bond acceptors (Lipinski definition) is 5. The lowest BCUT2D eigenvalue weighted by molar-refractivity contribution is -0.137. The van der Waals surface area contributed by atoms with Crippen LogP contribution in [0, 0.1) is 0 Å². The fourth-order valence-electron chi connectivity index (χ4n) is 3.01. The van der Waals surface area contributed by atoms with E-state index in [-0.39, 0.29) is 5.69 Å². The fourth-order valence-corrected chi connectivity index (χ4v) is 4.24. The predicted octanol–water partition coefficient (Wildman–Crippen LogP) is 3.33. The van der Waals surface area contributed by atoms with Crippen molar-refractivity contribution >= 4 is 26.9 Å². The summed E-state index contributed by atoms with van der Waals surface area (Å²) in [4.78, 5) is 10.2. The van der Waals surface area contributed by atoms with Crippen LogP contribution < -0.4 is 10.2 Å². The summed E-state index contributed by atoms with van der Waals surface area (Å²) in [5, 5.41) is 3.11. The molecule has 0 amide bonds. The van der Waals surface area contributed by atoms with Crippen molar-refractivity contribution in [3.63, 3.8) is 0 Å². The molecule has 0 saturated carbocycles. The fraction of sp³-hybridized carbons (Fsp3) is 0.353. The van der Waals surface area contributed by atoms with Gasteiger partial charge in [-0.25, -0.2) is 4.98 Å². The summed E-state index contributed by atoms with van der Waals surface area (Å²) in [7, 11) is -0.854. The maximum atomic E-state index is 13.0. The van der Waals surface area contributed by atoms with Crippen LogP contribution in [0.1, 0.15) is 25.0 Å². The first-order chi connectivity index (χ1) is 12.0. The number of alkyl halides is 3. The van der Waals surface area contributed by atoms with Gasteiger partial charge in [0.05, 0.1) is 16.1 Å². The van der Waals surface area contributed by atoms with Crippen LogP contribution in [0.5, 0.6) is 0 Å². The number of hydrogen-bond donors (Lipinski definition) is 1. The van der Waals surface area contributed by atoms with E-state index >= 15 is 0 Å². The third-order valence-corrected chi connectivity index (χ3v) is 6.80. The van der Waals surface area contributed by atoms with Crippen molar-refractivity contribution in [1.82, 2.24) is 9.97 Å². The van der Waals surface area contributed by atoms with Crippen molar-refractivity contribution in [3.8, 4) is 0 Å². The van der Waals surface area contributed by atoms with Crippen LogP contribution in [-0.2, 0) is 21.4 Å². The van der Waals surface area contributed by atoms with Crippen molar-refractivity contribution < 1.29 is 17.4 Å². The van der Waals surface area contributed by atoms with Crippen LogP contribution in [0.2, 0.25) is 0 Å². The van der Waals surface area contributed by atoms with Crippen molar-refractivity contribution in [1.29, 1.82) is 0 Å². The molecule has 140 valence electrons. The number of nitrogens with one attached hydrogen (secondary N) is 1. The smallest absolute Gasteiger partial charge is 0.356 e. The predicted molar refractivity (Wildman–Crippen MR) is 96.9 cm³/mol. The highest BCUT2D eigenvalue weighted by Crippen LogP contribution is 2.45. The lowest BCUT2D eigenvalue weighted by atomic mass is 10.0. The van der Waals surface area contributed by atoms with Crippen LogP contribution in [0.25, 0.3) is 0 Å². The normalized spacial score (nSPS) is 21.8. The number of rotatable bonds is 3. The molecule has 0 aliphatic carbocycles. The number of halogens is 3. The molecule has 2 aromatic rings. The van der Waals surface area contributed by atoms with Gasteiger partial charge < -0.3 is 10.2 Å². The summed E-state index contributed by atoms with van der Waals surface area (Å²) in [6.45, 7) is 3.57. The quantitative estimate of drug-likeness (QED) is 0.823. The van der Waals surface area contributed by atoms with Crippen molar-refractivity contribution in [2.75, 3.05) is 23.0 Å². The lowest BCUT2D eigenvalue weighted by Gasteiger charge is -2.35. The van der Waals surface area contributed by atoms with E-state index in [1.54, 1.807) is 38.1 Å². The minimum absolute atomic E-state index is 0.264. The van der Waals surface area contributed by atoms with E-state index in [0.29, 0.717) is 22.0 Å². The zero-order chi connectivity index (χ0) is 19.3. The molecule has 0 spiro atoms. The number of nitrogens with zero attached hydrogens (tertiary/aromatic N) is 3. The Kier molecular flexibility index (Phi) is 4.18. The van der Waals surface area contributed by atoms with Gasteiger partial charge in [-0.05, 0) is 34.4 Å². The molecule has 3 rings (SSSR count). The van der Waals surface area contributed by atoms with Gasteiger partial charge in [0, 0.05) is 37.0 Å². The van der Waals surface area contributed by atoms with Gasteiger partial charge in [-0.2, -0.15) is 13.2 Å². The Morgan fingerprint density at radius 3 is 2.69 bits per heavy atom. The first kappa shape index (κ1) is 18.5. The Labute approximate surface area is 150 Å². The molecule has 1 N–H and O–H groups in total. The highest BCUT2D eigenvalue weighted by Gasteiger charge is 2.43. The Bertz CT molecular complexity index is 959. The maximum Gasteiger partial charge on any atom is 0.417 e. The average molecular weight is 384 g/mol. The van der Waals surface area contributed by atoms with Gasteiger partial charge in [0.2, 0.25) is 0 Å². The van der Waals surface area contributed by atoms with Gasteiger partial charge in [0.1, 0.15) is 5.66 Å². The topological polar surface area (TPSA) is 58.1 Å². The monoisotopic (exact) mass is 384 g/mol. The van der Waals surface area contributed by atoms with Gasteiger partial charge >= 0.3 is 6.18 Å². The first-order valence-corrected chi connectivity index (χ1v) is 9.79. The third kappa shape index (κ3) is 2.80. The number of pyridine rings is 2. The van der Waals surface area contributed by atoms with E-state index in [4.69, 9.17) is 0 Å². The zero-order valence-corrected chi connectivity index (χ0v) is 15.4. The molecule has 1 aliphatic heterocycles. The van der Waals surface area contributed by atoms with Gasteiger partial charge in [0.15, 0.2) is 5.82 Å². The standard InChI is InChI=1S/C17H19F3N4OS/c1-5-26(4,25)14-10-21-7-6-12(14)16(2)23-13-8-11(17(18,19)20)9-22-15(13)24(16)3/h6-10,23H,4-5H2,1-3H3. The molecule has 0 saturated heterocycles. The highest BCUT2D eigenvalue weighted by atomic mass is 32.2. The second kappa shape index (κ2) is 5.87. The van der Waals surface area contributed by atoms with Crippen LogP contribution in [0.15, 0.2) is 35.6 Å². The molecule has 0 bridgehead atoms. The van der Waals surface area contributed by atoms with Gasteiger partial charge in [-0.3, -0.25) is 9.19 Å². The Morgan fingerprint density at radius 2 is 2.08 bits per heavy atom. The second-order valence-electron chi connectivity index (χ2n) is 6.32. The van der Waals surface area contributed by atoms with Crippen molar-refractivity contribution in [2.45, 2.75) is 30.6 Å². The summed E-state index contributed by atoms with van der Waals surface area (Å²) in [6, 6.07) is 2.74. The lowest BCUT2D eigenvalue weighted by Crippen LogP contribution is -2.44. The summed E-state index contributed by atoms with van der Waals surface area (Å²) in [5.74, 6) is 4.53. The maximum absolute atomic E-state index is 13.0. The molecule has 0 fully saturated rings. The number of aromatic nitrogens is 2. The Balaban J connectivity index is 2.14. The van der Waals surface area contributed by atoms with E-state index in [0.717, 1.165) is 12.3 Å². The van der Waals surface area contributed by atoms with Crippen LogP contribution in [0.3, 0.4) is 0 Å². The molecule has 3 heterocycles. The first-order valence-electron chi connectivity index (χ1n) is 7.89. The molecular weight excluding hydrogens is 365 g/mol. The van der Waals surface area contributed by atoms with Gasteiger partial charge in [-0.15, -0.1) is 0 Å². The number of fused-ring (bicyclic) bond motifs is 1. The summed E-state index contributed by atoms with van der Waals surface area (Å²) in [6.07, 6.45) is -0.603. The molecule has 0 aromatic carbocycles. The Morgan fingerprint density at radius 1 is 1.38 bits per heavy atom. The van der Waals surface area contributed by atoms with E-state index < -0.39 is 26.9 Å². The highest BCUT2D eigenvalue weighted by molar-refractivity contribution is 8.00. The third-order valence-electron chi connectivity index (χ3n) is 4.74. The minimum Gasteiger partial charge on any atom is -0.356 e. The van der Waals surface area contributed by atoms with E-state index in [1.165, 1.54) is 6.20 Å².